The highest BCUT2D eigenvalue weighted by Crippen LogP contribution is 2.24. The Kier molecular flexibility index (Phi) is 7.43. The lowest BCUT2D eigenvalue weighted by Gasteiger charge is -2.20. The Hall–Kier alpha value is -1.77. The van der Waals surface area contributed by atoms with Gasteiger partial charge in [0, 0.05) is 24.0 Å². The van der Waals surface area contributed by atoms with E-state index in [4.69, 9.17) is 0 Å². The molecule has 29 heavy (non-hydrogen) atoms. The molecule has 0 radical (unpaired) electrons. The zero-order valence-electron chi connectivity index (χ0n) is 16.0. The molecule has 2 aromatic carbocycles. The van der Waals surface area contributed by atoms with Crippen LogP contribution in [0.25, 0.3) is 0 Å². The number of hydrogen-bond acceptors (Lipinski definition) is 3. The molecular formula is C21H24BrFN2O3S. The van der Waals surface area contributed by atoms with Gasteiger partial charge >= 0.3 is 0 Å². The molecule has 1 amide bonds. The molecule has 1 saturated heterocycles. The van der Waals surface area contributed by atoms with Crippen LogP contribution in [0.3, 0.4) is 0 Å². The van der Waals surface area contributed by atoms with Crippen molar-refractivity contribution >= 4 is 37.5 Å². The fourth-order valence-corrected chi connectivity index (χ4v) is 5.29. The number of aryl methyl sites for hydroxylation is 1. The first-order chi connectivity index (χ1) is 13.9. The molecule has 0 saturated carbocycles. The molecule has 0 aromatic heterocycles. The summed E-state index contributed by atoms with van der Waals surface area (Å²) in [5.74, 6) is -0.580. The largest absolute Gasteiger partial charge is 0.325 e. The van der Waals surface area contributed by atoms with Crippen LogP contribution in [0.2, 0.25) is 0 Å². The quantitative estimate of drug-likeness (QED) is 0.647. The Morgan fingerprint density at radius 3 is 2.31 bits per heavy atom. The van der Waals surface area contributed by atoms with E-state index >= 15 is 0 Å². The van der Waals surface area contributed by atoms with Gasteiger partial charge in [0.25, 0.3) is 0 Å². The molecule has 1 aliphatic rings. The molecular weight excluding hydrogens is 459 g/mol. The van der Waals surface area contributed by atoms with E-state index in [0.717, 1.165) is 31.2 Å². The molecule has 3 rings (SSSR count). The number of sulfonamides is 1. The van der Waals surface area contributed by atoms with Gasteiger partial charge in [-0.15, -0.1) is 0 Å². The summed E-state index contributed by atoms with van der Waals surface area (Å²) < 4.78 is 40.8. The fraction of sp³-hybridized carbons (Fsp3) is 0.381. The normalized spacial score (nSPS) is 15.7. The number of nitrogens with one attached hydrogen (secondary N) is 1. The minimum absolute atomic E-state index is 0.196. The maximum absolute atomic E-state index is 13.1. The van der Waals surface area contributed by atoms with Crippen LogP contribution < -0.4 is 5.32 Å². The Bertz CT molecular complexity index is 956. The predicted octanol–water partition coefficient (Wildman–Crippen LogP) is 4.72. The molecule has 1 aliphatic heterocycles. The number of nitrogens with zero attached hydrogens (tertiary/aromatic N) is 1. The van der Waals surface area contributed by atoms with E-state index in [-0.39, 0.29) is 18.1 Å². The minimum Gasteiger partial charge on any atom is -0.325 e. The van der Waals surface area contributed by atoms with Gasteiger partial charge in [0.15, 0.2) is 0 Å². The topological polar surface area (TPSA) is 66.5 Å². The first-order valence-electron chi connectivity index (χ1n) is 9.70. The van der Waals surface area contributed by atoms with Crippen LogP contribution in [0.4, 0.5) is 10.1 Å². The van der Waals surface area contributed by atoms with Crippen molar-refractivity contribution in [2.24, 2.45) is 0 Å². The third-order valence-electron chi connectivity index (χ3n) is 4.97. The fourth-order valence-electron chi connectivity index (χ4n) is 3.32. The number of benzene rings is 2. The number of hydrogen-bond donors (Lipinski definition) is 1. The average Bonchev–Trinajstić information content (AvgIpc) is 2.99. The van der Waals surface area contributed by atoms with Crippen molar-refractivity contribution in [3.63, 3.8) is 0 Å². The third-order valence-corrected chi connectivity index (χ3v) is 7.54. The SMILES string of the molecule is O=C(CCc1ccc(S(=O)(=O)N2CCCCCC2)cc1)Nc1ccc(F)cc1Br. The van der Waals surface area contributed by atoms with Crippen LogP contribution in [0, 0.1) is 5.82 Å². The van der Waals surface area contributed by atoms with Gasteiger partial charge in [-0.05, 0) is 71.1 Å². The summed E-state index contributed by atoms with van der Waals surface area (Å²) in [6.45, 7) is 1.15. The molecule has 0 aliphatic carbocycles. The number of carbonyl (C=O) groups is 1. The van der Waals surface area contributed by atoms with Crippen molar-refractivity contribution in [1.29, 1.82) is 0 Å². The lowest BCUT2D eigenvalue weighted by Crippen LogP contribution is -2.31. The number of anilines is 1. The number of halogens is 2. The predicted molar refractivity (Wildman–Crippen MR) is 115 cm³/mol. The first-order valence-corrected chi connectivity index (χ1v) is 11.9. The van der Waals surface area contributed by atoms with Crippen molar-refractivity contribution in [3.8, 4) is 0 Å². The van der Waals surface area contributed by atoms with Crippen molar-refractivity contribution in [1.82, 2.24) is 4.31 Å². The van der Waals surface area contributed by atoms with E-state index in [1.807, 2.05) is 0 Å². The lowest BCUT2D eigenvalue weighted by molar-refractivity contribution is -0.116. The van der Waals surface area contributed by atoms with Gasteiger partial charge in [-0.3, -0.25) is 4.79 Å². The smallest absolute Gasteiger partial charge is 0.243 e. The van der Waals surface area contributed by atoms with Gasteiger partial charge in [0.05, 0.1) is 10.6 Å². The molecule has 8 heteroatoms. The van der Waals surface area contributed by atoms with E-state index in [1.54, 1.807) is 28.6 Å². The third kappa shape index (κ3) is 5.87. The summed E-state index contributed by atoms with van der Waals surface area (Å²) in [6, 6.07) is 10.8. The molecule has 5 nitrogen and oxygen atoms in total. The number of amides is 1. The summed E-state index contributed by atoms with van der Waals surface area (Å²) in [5.41, 5.74) is 1.39. The highest BCUT2D eigenvalue weighted by molar-refractivity contribution is 9.10. The molecule has 0 atom stereocenters. The number of rotatable bonds is 6. The summed E-state index contributed by atoms with van der Waals surface area (Å²) in [4.78, 5) is 12.5. The summed E-state index contributed by atoms with van der Waals surface area (Å²) in [7, 11) is -3.46. The Morgan fingerprint density at radius 2 is 1.69 bits per heavy atom. The van der Waals surface area contributed by atoms with Gasteiger partial charge in [-0.2, -0.15) is 4.31 Å². The summed E-state index contributed by atoms with van der Waals surface area (Å²) in [5, 5.41) is 2.74. The second-order valence-corrected chi connectivity index (χ2v) is 9.93. The summed E-state index contributed by atoms with van der Waals surface area (Å²) in [6.07, 6.45) is 4.66. The highest BCUT2D eigenvalue weighted by Gasteiger charge is 2.24. The van der Waals surface area contributed by atoms with Crippen molar-refractivity contribution < 1.29 is 17.6 Å². The maximum Gasteiger partial charge on any atom is 0.243 e. The second kappa shape index (κ2) is 9.82. The molecule has 0 unspecified atom stereocenters. The van der Waals surface area contributed by atoms with Gasteiger partial charge in [-0.1, -0.05) is 25.0 Å². The zero-order chi connectivity index (χ0) is 20.9. The van der Waals surface area contributed by atoms with E-state index < -0.39 is 10.0 Å². The molecule has 2 aromatic rings. The van der Waals surface area contributed by atoms with Gasteiger partial charge in [0.1, 0.15) is 5.82 Å². The van der Waals surface area contributed by atoms with E-state index in [1.165, 1.54) is 18.2 Å². The zero-order valence-corrected chi connectivity index (χ0v) is 18.4. The maximum atomic E-state index is 13.1. The average molecular weight is 483 g/mol. The van der Waals surface area contributed by atoms with E-state index in [9.17, 15) is 17.6 Å². The van der Waals surface area contributed by atoms with Gasteiger partial charge in [0.2, 0.25) is 15.9 Å². The highest BCUT2D eigenvalue weighted by atomic mass is 79.9. The number of carbonyl (C=O) groups excluding carboxylic acids is 1. The van der Waals surface area contributed by atoms with Crippen molar-refractivity contribution in [2.45, 2.75) is 43.4 Å². The monoisotopic (exact) mass is 482 g/mol. The van der Waals surface area contributed by atoms with E-state index in [2.05, 4.69) is 21.2 Å². The Morgan fingerprint density at radius 1 is 1.03 bits per heavy atom. The second-order valence-electron chi connectivity index (χ2n) is 7.13. The van der Waals surface area contributed by atoms with Crippen LogP contribution in [-0.2, 0) is 21.2 Å². The van der Waals surface area contributed by atoms with E-state index in [0.29, 0.717) is 34.6 Å². The molecule has 1 fully saturated rings. The minimum atomic E-state index is -3.46. The molecule has 0 spiro atoms. The van der Waals surface area contributed by atoms with Crippen LogP contribution >= 0.6 is 15.9 Å². The molecule has 1 N–H and O–H groups in total. The lowest BCUT2D eigenvalue weighted by atomic mass is 10.1. The van der Waals surface area contributed by atoms with Crippen LogP contribution in [0.15, 0.2) is 51.8 Å². The molecule has 156 valence electrons. The van der Waals surface area contributed by atoms with Crippen LogP contribution in [0.5, 0.6) is 0 Å². The Balaban J connectivity index is 1.58. The van der Waals surface area contributed by atoms with Gasteiger partial charge in [-0.25, -0.2) is 12.8 Å². The molecule has 0 bridgehead atoms. The first kappa shape index (κ1) is 21.9. The van der Waals surface area contributed by atoms with Crippen LogP contribution in [0.1, 0.15) is 37.7 Å². The molecule has 1 heterocycles. The Labute approximate surface area is 179 Å². The van der Waals surface area contributed by atoms with Crippen molar-refractivity contribution in [2.75, 3.05) is 18.4 Å². The van der Waals surface area contributed by atoms with Gasteiger partial charge < -0.3 is 5.32 Å². The standard InChI is InChI=1S/C21H24BrFN2O3S/c22-19-15-17(23)8-11-20(19)24-21(26)12-7-16-5-9-18(10-6-16)29(27,28)25-13-3-1-2-4-14-25/h5-6,8-11,15H,1-4,7,12-14H2,(H,24,26). The van der Waals surface area contributed by atoms with Crippen LogP contribution in [-0.4, -0.2) is 31.7 Å². The van der Waals surface area contributed by atoms with Crippen molar-refractivity contribution in [3.05, 3.63) is 58.3 Å². The summed E-state index contributed by atoms with van der Waals surface area (Å²) >= 11 is 3.22.